The number of benzene rings is 2. The Labute approximate surface area is 120 Å². The first kappa shape index (κ1) is 14.5. The van der Waals surface area contributed by atoms with Gasteiger partial charge < -0.3 is 10.2 Å². The lowest BCUT2D eigenvalue weighted by Crippen LogP contribution is -2.12. The number of carboxylic acid groups (broad SMARTS) is 2. The van der Waals surface area contributed by atoms with Gasteiger partial charge in [-0.25, -0.2) is 9.59 Å². The molecule has 0 aromatic heterocycles. The van der Waals surface area contributed by atoms with Crippen molar-refractivity contribution in [3.63, 3.8) is 0 Å². The van der Waals surface area contributed by atoms with Crippen LogP contribution in [-0.4, -0.2) is 27.9 Å². The molecular formula is C16H12O5. The third kappa shape index (κ3) is 3.14. The van der Waals surface area contributed by atoms with Crippen molar-refractivity contribution in [1.29, 1.82) is 0 Å². The number of carbonyl (C=O) groups is 3. The molecule has 0 aliphatic carbocycles. The smallest absolute Gasteiger partial charge is 0.336 e. The quantitative estimate of drug-likeness (QED) is 0.823. The van der Waals surface area contributed by atoms with Crippen LogP contribution in [-0.2, 0) is 6.42 Å². The largest absolute Gasteiger partial charge is 0.478 e. The molecule has 0 saturated heterocycles. The fraction of sp³-hybridized carbons (Fsp3) is 0.0625. The molecular weight excluding hydrogens is 272 g/mol. The summed E-state index contributed by atoms with van der Waals surface area (Å²) in [4.78, 5) is 34.5. The van der Waals surface area contributed by atoms with Crippen molar-refractivity contribution in [1.82, 2.24) is 0 Å². The molecule has 0 fully saturated rings. The molecule has 0 amide bonds. The third-order valence-electron chi connectivity index (χ3n) is 3.06. The number of Topliss-reactive ketones (excluding diaryl/α,β-unsaturated/α-hetero) is 1. The van der Waals surface area contributed by atoms with Crippen LogP contribution >= 0.6 is 0 Å². The molecule has 0 unspecified atom stereocenters. The molecule has 0 atom stereocenters. The topological polar surface area (TPSA) is 91.7 Å². The Hall–Kier alpha value is -2.95. The molecule has 5 nitrogen and oxygen atoms in total. The molecule has 2 rings (SSSR count). The van der Waals surface area contributed by atoms with Gasteiger partial charge in [0.15, 0.2) is 5.78 Å². The number of hydrogen-bond donors (Lipinski definition) is 2. The number of rotatable bonds is 5. The van der Waals surface area contributed by atoms with Crippen LogP contribution in [0, 0.1) is 0 Å². The van der Waals surface area contributed by atoms with Crippen molar-refractivity contribution in [2.45, 2.75) is 6.42 Å². The van der Waals surface area contributed by atoms with E-state index in [0.717, 1.165) is 0 Å². The highest BCUT2D eigenvalue weighted by molar-refractivity contribution is 6.07. The van der Waals surface area contributed by atoms with E-state index in [-0.39, 0.29) is 23.1 Å². The number of hydrogen-bond acceptors (Lipinski definition) is 3. The molecule has 0 aliphatic rings. The van der Waals surface area contributed by atoms with Crippen LogP contribution in [0.4, 0.5) is 0 Å². The van der Waals surface area contributed by atoms with Gasteiger partial charge in [-0.3, -0.25) is 4.79 Å². The van der Waals surface area contributed by atoms with E-state index < -0.39 is 17.7 Å². The standard InChI is InChI=1S/C16H12O5/c17-14(12-7-3-4-8-13(12)16(20)21)9-10-5-1-2-6-11(10)15(18)19/h1-8H,9H2,(H,18,19)(H,20,21). The fourth-order valence-corrected chi connectivity index (χ4v) is 2.06. The summed E-state index contributed by atoms with van der Waals surface area (Å²) >= 11 is 0. The monoisotopic (exact) mass is 284 g/mol. The van der Waals surface area contributed by atoms with Gasteiger partial charge in [-0.05, 0) is 17.7 Å². The minimum Gasteiger partial charge on any atom is -0.478 e. The van der Waals surface area contributed by atoms with E-state index >= 15 is 0 Å². The van der Waals surface area contributed by atoms with E-state index in [1.807, 2.05) is 0 Å². The molecule has 0 spiro atoms. The first-order valence-electron chi connectivity index (χ1n) is 6.17. The van der Waals surface area contributed by atoms with Gasteiger partial charge >= 0.3 is 11.9 Å². The second kappa shape index (κ2) is 6.00. The summed E-state index contributed by atoms with van der Waals surface area (Å²) in [6.07, 6.45) is -0.160. The van der Waals surface area contributed by atoms with E-state index in [1.54, 1.807) is 24.3 Å². The van der Waals surface area contributed by atoms with Gasteiger partial charge in [-0.2, -0.15) is 0 Å². The number of carboxylic acids is 2. The van der Waals surface area contributed by atoms with E-state index in [1.165, 1.54) is 24.3 Å². The van der Waals surface area contributed by atoms with Crippen molar-refractivity contribution in [2.24, 2.45) is 0 Å². The third-order valence-corrected chi connectivity index (χ3v) is 3.06. The Morgan fingerprint density at radius 2 is 1.19 bits per heavy atom. The van der Waals surface area contributed by atoms with Crippen molar-refractivity contribution in [2.75, 3.05) is 0 Å². The Kier molecular flexibility index (Phi) is 4.13. The van der Waals surface area contributed by atoms with Gasteiger partial charge in [-0.15, -0.1) is 0 Å². The van der Waals surface area contributed by atoms with Crippen molar-refractivity contribution < 1.29 is 24.6 Å². The molecule has 0 bridgehead atoms. The van der Waals surface area contributed by atoms with Gasteiger partial charge in [0, 0.05) is 12.0 Å². The number of carbonyl (C=O) groups excluding carboxylic acids is 1. The summed E-state index contributed by atoms with van der Waals surface area (Å²) < 4.78 is 0. The molecule has 106 valence electrons. The lowest BCUT2D eigenvalue weighted by Gasteiger charge is -2.07. The van der Waals surface area contributed by atoms with E-state index in [9.17, 15) is 14.4 Å². The minimum absolute atomic E-state index is 0.0404. The predicted molar refractivity (Wildman–Crippen MR) is 74.8 cm³/mol. The van der Waals surface area contributed by atoms with Gasteiger partial charge in [0.1, 0.15) is 0 Å². The van der Waals surface area contributed by atoms with Crippen LogP contribution in [0.5, 0.6) is 0 Å². The Morgan fingerprint density at radius 3 is 1.76 bits per heavy atom. The Bertz CT molecular complexity index is 718. The highest BCUT2D eigenvalue weighted by Crippen LogP contribution is 2.16. The molecule has 2 aromatic rings. The summed E-state index contributed by atoms with van der Waals surface area (Å²) in [6.45, 7) is 0. The van der Waals surface area contributed by atoms with Crippen LogP contribution in [0.2, 0.25) is 0 Å². The average molecular weight is 284 g/mol. The molecule has 2 aromatic carbocycles. The van der Waals surface area contributed by atoms with Gasteiger partial charge in [0.05, 0.1) is 11.1 Å². The highest BCUT2D eigenvalue weighted by Gasteiger charge is 2.18. The zero-order valence-corrected chi connectivity index (χ0v) is 10.9. The highest BCUT2D eigenvalue weighted by atomic mass is 16.4. The summed E-state index contributed by atoms with van der Waals surface area (Å²) in [5.74, 6) is -2.74. The SMILES string of the molecule is O=C(O)c1ccccc1CC(=O)c1ccccc1C(=O)O. The normalized spacial score (nSPS) is 10.1. The first-order chi connectivity index (χ1) is 10.0. The zero-order valence-electron chi connectivity index (χ0n) is 10.9. The second-order valence-corrected chi connectivity index (χ2v) is 4.41. The predicted octanol–water partition coefficient (Wildman–Crippen LogP) is 2.51. The molecule has 5 heteroatoms. The van der Waals surface area contributed by atoms with Crippen molar-refractivity contribution >= 4 is 17.7 Å². The summed E-state index contributed by atoms with van der Waals surface area (Å²) in [6, 6.07) is 12.0. The average Bonchev–Trinajstić information content (AvgIpc) is 2.47. The maximum absolute atomic E-state index is 12.3. The molecule has 0 heterocycles. The molecule has 0 radical (unpaired) electrons. The van der Waals surface area contributed by atoms with Crippen molar-refractivity contribution in [3.05, 3.63) is 70.8 Å². The van der Waals surface area contributed by atoms with Crippen LogP contribution in [0.1, 0.15) is 36.6 Å². The maximum Gasteiger partial charge on any atom is 0.336 e. The van der Waals surface area contributed by atoms with Crippen LogP contribution < -0.4 is 0 Å². The first-order valence-corrected chi connectivity index (χ1v) is 6.17. The lowest BCUT2D eigenvalue weighted by atomic mass is 9.96. The van der Waals surface area contributed by atoms with E-state index in [4.69, 9.17) is 10.2 Å². The maximum atomic E-state index is 12.3. The Balaban J connectivity index is 2.36. The number of ketones is 1. The van der Waals surface area contributed by atoms with E-state index in [2.05, 4.69) is 0 Å². The second-order valence-electron chi connectivity index (χ2n) is 4.41. The molecule has 2 N–H and O–H groups in total. The van der Waals surface area contributed by atoms with E-state index in [0.29, 0.717) is 5.56 Å². The number of aromatic carboxylic acids is 2. The molecule has 21 heavy (non-hydrogen) atoms. The van der Waals surface area contributed by atoms with Gasteiger partial charge in [0.25, 0.3) is 0 Å². The van der Waals surface area contributed by atoms with Crippen LogP contribution in [0.15, 0.2) is 48.5 Å². The Morgan fingerprint density at radius 1 is 0.714 bits per heavy atom. The minimum atomic E-state index is -1.19. The van der Waals surface area contributed by atoms with Crippen molar-refractivity contribution in [3.8, 4) is 0 Å². The fourth-order valence-electron chi connectivity index (χ4n) is 2.06. The zero-order chi connectivity index (χ0) is 15.4. The van der Waals surface area contributed by atoms with Crippen LogP contribution in [0.25, 0.3) is 0 Å². The van der Waals surface area contributed by atoms with Gasteiger partial charge in [0.2, 0.25) is 0 Å². The summed E-state index contributed by atoms with van der Waals surface area (Å²) in [5, 5.41) is 18.2. The summed E-state index contributed by atoms with van der Waals surface area (Å²) in [7, 11) is 0. The lowest BCUT2D eigenvalue weighted by molar-refractivity contribution is 0.0682. The van der Waals surface area contributed by atoms with Gasteiger partial charge in [-0.1, -0.05) is 36.4 Å². The molecule has 0 saturated carbocycles. The molecule has 0 aliphatic heterocycles. The van der Waals surface area contributed by atoms with Crippen LogP contribution in [0.3, 0.4) is 0 Å². The summed E-state index contributed by atoms with van der Waals surface area (Å²) in [5.41, 5.74) is 0.384.